The molecule has 1 N–H and O–H groups in total. The van der Waals surface area contributed by atoms with Crippen LogP contribution in [0.3, 0.4) is 0 Å². The summed E-state index contributed by atoms with van der Waals surface area (Å²) < 4.78 is 38.5. The maximum Gasteiger partial charge on any atom is 0.416 e. The number of carbonyl (C=O) groups excluding carboxylic acids is 1. The number of aromatic nitrogens is 1. The average molecular weight is 371 g/mol. The first kappa shape index (κ1) is 16.7. The van der Waals surface area contributed by atoms with Crippen molar-refractivity contribution >= 4 is 44.2 Å². The minimum Gasteiger partial charge on any atom is -0.298 e. The van der Waals surface area contributed by atoms with Crippen molar-refractivity contribution < 1.29 is 18.0 Å². The zero-order chi connectivity index (χ0) is 17.5. The Balaban J connectivity index is 1.83. The number of halogens is 4. The van der Waals surface area contributed by atoms with E-state index in [9.17, 15) is 18.0 Å². The number of amides is 1. The van der Waals surface area contributed by atoms with Crippen molar-refractivity contribution in [2.24, 2.45) is 0 Å². The monoisotopic (exact) mass is 370 g/mol. The molecule has 0 unspecified atom stereocenters. The van der Waals surface area contributed by atoms with Crippen LogP contribution in [-0.4, -0.2) is 10.9 Å². The molecule has 0 spiro atoms. The third-order valence-electron chi connectivity index (χ3n) is 3.44. The summed E-state index contributed by atoms with van der Waals surface area (Å²) in [5, 5.41) is 3.54. The second kappa shape index (κ2) is 6.07. The molecule has 8 heteroatoms. The summed E-state index contributed by atoms with van der Waals surface area (Å²) in [5.74, 6) is -0.522. The molecular formula is C16H10ClF3N2OS. The topological polar surface area (TPSA) is 42.0 Å². The van der Waals surface area contributed by atoms with Gasteiger partial charge in [0.05, 0.1) is 15.8 Å². The number of nitrogens with zero attached hydrogens (tertiary/aromatic N) is 1. The highest BCUT2D eigenvalue weighted by molar-refractivity contribution is 7.22. The normalized spacial score (nSPS) is 11.7. The highest BCUT2D eigenvalue weighted by atomic mass is 35.5. The molecule has 0 aliphatic carbocycles. The lowest BCUT2D eigenvalue weighted by atomic mass is 10.1. The van der Waals surface area contributed by atoms with Crippen LogP contribution in [0.2, 0.25) is 5.02 Å². The quantitative estimate of drug-likeness (QED) is 0.644. The Labute approximate surface area is 144 Å². The molecule has 3 rings (SSSR count). The Bertz CT molecular complexity index is 919. The lowest BCUT2D eigenvalue weighted by molar-refractivity contribution is -0.137. The molecule has 0 fully saturated rings. The Morgan fingerprint density at radius 3 is 2.46 bits per heavy atom. The predicted molar refractivity (Wildman–Crippen MR) is 88.8 cm³/mol. The van der Waals surface area contributed by atoms with Gasteiger partial charge in [0, 0.05) is 10.6 Å². The van der Waals surface area contributed by atoms with Crippen molar-refractivity contribution in [1.29, 1.82) is 0 Å². The van der Waals surface area contributed by atoms with E-state index in [0.29, 0.717) is 15.7 Å². The largest absolute Gasteiger partial charge is 0.416 e. The van der Waals surface area contributed by atoms with E-state index in [-0.39, 0.29) is 5.56 Å². The maximum absolute atomic E-state index is 12.5. The number of fused-ring (bicyclic) bond motifs is 1. The Hall–Kier alpha value is -2.12. The second-order valence-electron chi connectivity index (χ2n) is 5.07. The molecule has 1 amide bonds. The summed E-state index contributed by atoms with van der Waals surface area (Å²) in [4.78, 5) is 16.5. The van der Waals surface area contributed by atoms with Gasteiger partial charge in [-0.1, -0.05) is 22.9 Å². The number of nitrogens with one attached hydrogen (secondary N) is 1. The zero-order valence-corrected chi connectivity index (χ0v) is 13.8. The second-order valence-corrected chi connectivity index (χ2v) is 6.51. The van der Waals surface area contributed by atoms with Crippen molar-refractivity contribution in [2.75, 3.05) is 5.32 Å². The number of thiazole rings is 1. The van der Waals surface area contributed by atoms with Gasteiger partial charge >= 0.3 is 6.18 Å². The number of hydrogen-bond donors (Lipinski definition) is 1. The van der Waals surface area contributed by atoms with E-state index >= 15 is 0 Å². The molecule has 2 aromatic carbocycles. The fourth-order valence-corrected chi connectivity index (χ4v) is 3.21. The van der Waals surface area contributed by atoms with E-state index in [4.69, 9.17) is 11.6 Å². The summed E-state index contributed by atoms with van der Waals surface area (Å²) in [7, 11) is 0. The molecule has 1 aromatic heterocycles. The highest BCUT2D eigenvalue weighted by Gasteiger charge is 2.30. The summed E-state index contributed by atoms with van der Waals surface area (Å²) in [6.07, 6.45) is -4.43. The molecule has 0 aliphatic rings. The third kappa shape index (κ3) is 3.22. The molecule has 0 bridgehead atoms. The molecule has 3 aromatic rings. The minimum atomic E-state index is -4.43. The van der Waals surface area contributed by atoms with Gasteiger partial charge in [-0.15, -0.1) is 0 Å². The number of hydrogen-bond acceptors (Lipinski definition) is 3. The summed E-state index contributed by atoms with van der Waals surface area (Å²) >= 11 is 7.30. The van der Waals surface area contributed by atoms with Crippen LogP contribution in [0.15, 0.2) is 36.4 Å². The van der Waals surface area contributed by atoms with E-state index in [1.807, 2.05) is 6.92 Å². The van der Waals surface area contributed by atoms with Crippen LogP contribution in [0, 0.1) is 6.92 Å². The van der Waals surface area contributed by atoms with E-state index in [1.165, 1.54) is 11.3 Å². The van der Waals surface area contributed by atoms with Crippen LogP contribution in [0.4, 0.5) is 18.3 Å². The Morgan fingerprint density at radius 2 is 1.83 bits per heavy atom. The van der Waals surface area contributed by atoms with Gasteiger partial charge in [0.15, 0.2) is 5.13 Å². The van der Waals surface area contributed by atoms with Crippen molar-refractivity contribution in [3.63, 3.8) is 0 Å². The number of rotatable bonds is 2. The molecular weight excluding hydrogens is 361 g/mol. The molecule has 0 atom stereocenters. The van der Waals surface area contributed by atoms with Gasteiger partial charge in [0.2, 0.25) is 0 Å². The van der Waals surface area contributed by atoms with Gasteiger partial charge in [0.25, 0.3) is 5.91 Å². The number of benzene rings is 2. The number of alkyl halides is 3. The van der Waals surface area contributed by atoms with Crippen LogP contribution >= 0.6 is 22.9 Å². The van der Waals surface area contributed by atoms with Gasteiger partial charge < -0.3 is 0 Å². The zero-order valence-electron chi connectivity index (χ0n) is 12.2. The van der Waals surface area contributed by atoms with Crippen LogP contribution < -0.4 is 5.32 Å². The van der Waals surface area contributed by atoms with Gasteiger partial charge in [-0.2, -0.15) is 13.2 Å². The lowest BCUT2D eigenvalue weighted by Crippen LogP contribution is -2.12. The first-order valence-corrected chi connectivity index (χ1v) is 7.99. The van der Waals surface area contributed by atoms with Gasteiger partial charge in [0.1, 0.15) is 0 Å². The van der Waals surface area contributed by atoms with E-state index in [1.54, 1.807) is 12.1 Å². The van der Waals surface area contributed by atoms with Crippen LogP contribution in [0.5, 0.6) is 0 Å². The molecule has 3 nitrogen and oxygen atoms in total. The molecule has 0 aliphatic heterocycles. The predicted octanol–water partition coefficient (Wildman–Crippen LogP) is 5.53. The summed E-state index contributed by atoms with van der Waals surface area (Å²) in [5.41, 5.74) is 0.817. The van der Waals surface area contributed by atoms with E-state index < -0.39 is 17.6 Å². The van der Waals surface area contributed by atoms with Crippen LogP contribution in [0.1, 0.15) is 21.5 Å². The van der Waals surface area contributed by atoms with Crippen LogP contribution in [0.25, 0.3) is 10.2 Å². The third-order valence-corrected chi connectivity index (χ3v) is 4.79. The molecule has 1 heterocycles. The van der Waals surface area contributed by atoms with Crippen molar-refractivity contribution in [2.45, 2.75) is 13.1 Å². The van der Waals surface area contributed by atoms with Crippen molar-refractivity contribution in [3.8, 4) is 0 Å². The summed E-state index contributed by atoms with van der Waals surface area (Å²) in [6.45, 7) is 1.83. The number of anilines is 1. The van der Waals surface area contributed by atoms with Gasteiger partial charge in [-0.3, -0.25) is 10.1 Å². The SMILES string of the molecule is Cc1c(Cl)ccc2sc(NC(=O)c3ccc(C(F)(F)F)cc3)nc12. The van der Waals surface area contributed by atoms with Crippen molar-refractivity contribution in [3.05, 3.63) is 58.1 Å². The number of aryl methyl sites for hydroxylation is 1. The van der Waals surface area contributed by atoms with Crippen molar-refractivity contribution in [1.82, 2.24) is 4.98 Å². The maximum atomic E-state index is 12.5. The minimum absolute atomic E-state index is 0.122. The van der Waals surface area contributed by atoms with E-state index in [2.05, 4.69) is 10.3 Å². The number of carbonyl (C=O) groups is 1. The first-order chi connectivity index (χ1) is 11.3. The molecule has 124 valence electrons. The van der Waals surface area contributed by atoms with E-state index in [0.717, 1.165) is 34.5 Å². The Morgan fingerprint density at radius 1 is 1.17 bits per heavy atom. The molecule has 0 saturated heterocycles. The molecule has 24 heavy (non-hydrogen) atoms. The lowest BCUT2D eigenvalue weighted by Gasteiger charge is -2.07. The fourth-order valence-electron chi connectivity index (χ4n) is 2.13. The fraction of sp³-hybridized carbons (Fsp3) is 0.125. The van der Waals surface area contributed by atoms with Crippen LogP contribution in [-0.2, 0) is 6.18 Å². The Kier molecular flexibility index (Phi) is 4.23. The standard InChI is InChI=1S/C16H10ClF3N2OS/c1-8-11(17)6-7-12-13(8)21-15(24-12)22-14(23)9-2-4-10(5-3-9)16(18,19)20/h2-7H,1H3,(H,21,22,23). The van der Waals surface area contributed by atoms with Gasteiger partial charge in [-0.25, -0.2) is 4.98 Å². The molecule has 0 saturated carbocycles. The van der Waals surface area contributed by atoms with Gasteiger partial charge in [-0.05, 0) is 48.9 Å². The highest BCUT2D eigenvalue weighted by Crippen LogP contribution is 2.32. The molecule has 0 radical (unpaired) electrons. The first-order valence-electron chi connectivity index (χ1n) is 6.80. The summed E-state index contributed by atoms with van der Waals surface area (Å²) in [6, 6.07) is 7.56. The average Bonchev–Trinajstić information content (AvgIpc) is 2.94. The smallest absolute Gasteiger partial charge is 0.298 e.